The number of nitrogens with one attached hydrogen (secondary N) is 4. The van der Waals surface area contributed by atoms with E-state index in [2.05, 4.69) is 25.9 Å². The van der Waals surface area contributed by atoms with Crippen molar-refractivity contribution in [2.45, 2.75) is 44.4 Å². The lowest BCUT2D eigenvalue weighted by atomic mass is 9.93. The number of hydrogen-bond donors (Lipinski definition) is 4. The van der Waals surface area contributed by atoms with Crippen LogP contribution in [-0.2, 0) is 12.7 Å². The fraction of sp³-hybridized carbons (Fsp3) is 0.368. The monoisotopic (exact) mass is 404 g/mol. The first kappa shape index (κ1) is 19.2. The van der Waals surface area contributed by atoms with Crippen molar-refractivity contribution in [1.29, 1.82) is 5.41 Å². The van der Waals surface area contributed by atoms with Crippen LogP contribution in [0.2, 0.25) is 0 Å². The Morgan fingerprint density at radius 3 is 2.79 bits per heavy atom. The molecular weight excluding hydrogens is 385 g/mol. The van der Waals surface area contributed by atoms with Crippen LogP contribution in [-0.4, -0.2) is 27.6 Å². The molecule has 2 aromatic rings. The van der Waals surface area contributed by atoms with Gasteiger partial charge in [-0.15, -0.1) is 0 Å². The highest BCUT2D eigenvalue weighted by molar-refractivity contribution is 6.03. The fourth-order valence-electron chi connectivity index (χ4n) is 3.52. The summed E-state index contributed by atoms with van der Waals surface area (Å²) in [7, 11) is 0. The van der Waals surface area contributed by atoms with Crippen molar-refractivity contribution in [2.75, 3.05) is 10.6 Å². The first-order valence-corrected chi connectivity index (χ1v) is 9.28. The summed E-state index contributed by atoms with van der Waals surface area (Å²) in [5, 5.41) is 16.7. The number of amides is 1. The van der Waals surface area contributed by atoms with Gasteiger partial charge in [0.1, 0.15) is 11.4 Å². The Bertz CT molecular complexity index is 975. The van der Waals surface area contributed by atoms with Crippen molar-refractivity contribution in [3.05, 3.63) is 41.1 Å². The molecule has 0 spiro atoms. The predicted octanol–water partition coefficient (Wildman–Crippen LogP) is 3.86. The summed E-state index contributed by atoms with van der Waals surface area (Å²) in [5.74, 6) is -0.00743. The molecule has 1 saturated carbocycles. The van der Waals surface area contributed by atoms with Gasteiger partial charge in [-0.3, -0.25) is 4.79 Å². The van der Waals surface area contributed by atoms with Crippen molar-refractivity contribution in [3.63, 3.8) is 0 Å². The van der Waals surface area contributed by atoms with Crippen LogP contribution in [0, 0.1) is 5.41 Å². The second-order valence-corrected chi connectivity index (χ2v) is 7.07. The number of hydrogen-bond acceptors (Lipinski definition) is 6. The number of aromatic nitrogens is 2. The Morgan fingerprint density at radius 2 is 2.03 bits per heavy atom. The average molecular weight is 404 g/mol. The zero-order chi connectivity index (χ0) is 20.6. The van der Waals surface area contributed by atoms with Crippen molar-refractivity contribution < 1.29 is 18.0 Å². The fourth-order valence-corrected chi connectivity index (χ4v) is 3.52. The minimum atomic E-state index is -4.48. The van der Waals surface area contributed by atoms with E-state index in [1.54, 1.807) is 0 Å². The second-order valence-electron chi connectivity index (χ2n) is 7.07. The minimum absolute atomic E-state index is 0.133. The van der Waals surface area contributed by atoms with E-state index < -0.39 is 11.7 Å². The third-order valence-electron chi connectivity index (χ3n) is 4.99. The molecule has 4 N–H and O–H groups in total. The average Bonchev–Trinajstić information content (AvgIpc) is 3.04. The molecule has 2 heterocycles. The maximum atomic E-state index is 13.0. The van der Waals surface area contributed by atoms with Crippen LogP contribution < -0.4 is 16.0 Å². The van der Waals surface area contributed by atoms with Crippen LogP contribution >= 0.6 is 0 Å². The van der Waals surface area contributed by atoms with Gasteiger partial charge in [-0.25, -0.2) is 4.98 Å². The molecule has 2 aliphatic rings. The van der Waals surface area contributed by atoms with Crippen molar-refractivity contribution in [3.8, 4) is 0 Å². The van der Waals surface area contributed by atoms with Gasteiger partial charge in [-0.1, -0.05) is 12.5 Å². The first-order valence-electron chi connectivity index (χ1n) is 9.28. The number of carbonyl (C=O) groups is 1. The highest BCUT2D eigenvalue weighted by Gasteiger charge is 2.31. The van der Waals surface area contributed by atoms with E-state index in [9.17, 15) is 18.0 Å². The highest BCUT2D eigenvalue weighted by Crippen LogP contribution is 2.32. The van der Waals surface area contributed by atoms with Gasteiger partial charge >= 0.3 is 6.18 Å². The molecule has 1 aliphatic carbocycles. The normalized spacial score (nSPS) is 18.9. The van der Waals surface area contributed by atoms with E-state index in [-0.39, 0.29) is 41.5 Å². The van der Waals surface area contributed by atoms with Gasteiger partial charge in [-0.2, -0.15) is 18.2 Å². The summed E-state index contributed by atoms with van der Waals surface area (Å²) in [6.07, 6.45) is -1.02. The smallest absolute Gasteiger partial charge is 0.346 e. The van der Waals surface area contributed by atoms with Crippen LogP contribution in [0.3, 0.4) is 0 Å². The summed E-state index contributed by atoms with van der Waals surface area (Å²) >= 11 is 0. The summed E-state index contributed by atoms with van der Waals surface area (Å²) < 4.78 is 39.0. The zero-order valence-corrected chi connectivity index (χ0v) is 15.4. The van der Waals surface area contributed by atoms with E-state index in [0.29, 0.717) is 17.8 Å². The number of rotatable bonds is 4. The van der Waals surface area contributed by atoms with E-state index in [4.69, 9.17) is 5.41 Å². The molecule has 10 heteroatoms. The quantitative estimate of drug-likeness (QED) is 0.620. The molecule has 0 bridgehead atoms. The maximum Gasteiger partial charge on any atom is 0.416 e. The van der Waals surface area contributed by atoms with Crippen molar-refractivity contribution in [1.82, 2.24) is 15.3 Å². The number of nitrogens with zero attached hydrogens (tertiary/aromatic N) is 2. The molecular formula is C19H19F3N6O. The standard InChI is InChI=1S/C19H19F3N6O/c20-19(21,22)10-4-3-5-11(8-10)25-16-15-14(9-24-17(15)29)27-18(28-16)26-13-7-2-1-6-12(13)23/h3-5,8,13,23H,1-2,6-7,9H2,(H,24,29)(H2,25,26,27,28). The van der Waals surface area contributed by atoms with Gasteiger partial charge in [-0.05, 0) is 37.5 Å². The van der Waals surface area contributed by atoms with Gasteiger partial charge in [0.05, 0.1) is 23.8 Å². The minimum Gasteiger partial charge on any atom is -0.346 e. The molecule has 29 heavy (non-hydrogen) atoms. The number of benzene rings is 1. The third kappa shape index (κ3) is 4.01. The summed E-state index contributed by atoms with van der Waals surface area (Å²) in [5.41, 5.74) is 0.612. The molecule has 4 rings (SSSR count). The molecule has 1 atom stereocenters. The lowest BCUT2D eigenvalue weighted by Crippen LogP contribution is -2.32. The molecule has 0 saturated heterocycles. The number of carbonyl (C=O) groups excluding carboxylic acids is 1. The molecule has 152 valence electrons. The largest absolute Gasteiger partial charge is 0.416 e. The van der Waals surface area contributed by atoms with Crippen LogP contribution in [0.5, 0.6) is 0 Å². The molecule has 1 fully saturated rings. The van der Waals surface area contributed by atoms with Crippen molar-refractivity contribution in [2.24, 2.45) is 0 Å². The van der Waals surface area contributed by atoms with Crippen LogP contribution in [0.4, 0.5) is 30.6 Å². The Balaban J connectivity index is 1.66. The van der Waals surface area contributed by atoms with Crippen LogP contribution in [0.25, 0.3) is 0 Å². The molecule has 1 aliphatic heterocycles. The summed E-state index contributed by atoms with van der Waals surface area (Å²) in [4.78, 5) is 20.9. The van der Waals surface area contributed by atoms with Gasteiger partial charge in [0, 0.05) is 11.4 Å². The third-order valence-corrected chi connectivity index (χ3v) is 4.99. The second kappa shape index (κ2) is 7.34. The molecule has 1 aromatic carbocycles. The molecule has 0 radical (unpaired) electrons. The number of anilines is 3. The number of halogens is 3. The molecule has 1 amide bonds. The van der Waals surface area contributed by atoms with Crippen LogP contribution in [0.15, 0.2) is 24.3 Å². The molecule has 1 unspecified atom stereocenters. The Morgan fingerprint density at radius 1 is 1.21 bits per heavy atom. The number of fused-ring (bicyclic) bond motifs is 1. The van der Waals surface area contributed by atoms with Gasteiger partial charge < -0.3 is 21.4 Å². The van der Waals surface area contributed by atoms with E-state index in [1.807, 2.05) is 0 Å². The SMILES string of the molecule is N=C1CCCCC1Nc1nc2c(c(Nc3cccc(C(F)(F)F)c3)n1)C(=O)NC2. The molecule has 7 nitrogen and oxygen atoms in total. The van der Waals surface area contributed by atoms with Crippen LogP contribution in [0.1, 0.15) is 47.3 Å². The van der Waals surface area contributed by atoms with Gasteiger partial charge in [0.2, 0.25) is 5.95 Å². The Hall–Kier alpha value is -3.17. The van der Waals surface area contributed by atoms with E-state index in [0.717, 1.165) is 31.4 Å². The van der Waals surface area contributed by atoms with E-state index >= 15 is 0 Å². The van der Waals surface area contributed by atoms with Gasteiger partial charge in [0.15, 0.2) is 0 Å². The van der Waals surface area contributed by atoms with Gasteiger partial charge in [0.25, 0.3) is 5.91 Å². The summed E-state index contributed by atoms with van der Waals surface area (Å²) in [6.45, 7) is 0.213. The Kier molecular flexibility index (Phi) is 4.85. The lowest BCUT2D eigenvalue weighted by Gasteiger charge is -2.24. The molecule has 1 aromatic heterocycles. The lowest BCUT2D eigenvalue weighted by molar-refractivity contribution is -0.137. The maximum absolute atomic E-state index is 13.0. The number of alkyl halides is 3. The topological polar surface area (TPSA) is 103 Å². The Labute approximate surface area is 164 Å². The van der Waals surface area contributed by atoms with Crippen molar-refractivity contribution >= 4 is 29.1 Å². The highest BCUT2D eigenvalue weighted by atomic mass is 19.4. The predicted molar refractivity (Wildman–Crippen MR) is 102 cm³/mol. The zero-order valence-electron chi connectivity index (χ0n) is 15.4. The van der Waals surface area contributed by atoms with E-state index in [1.165, 1.54) is 12.1 Å². The first-order chi connectivity index (χ1) is 13.8. The summed E-state index contributed by atoms with van der Waals surface area (Å²) in [6, 6.07) is 4.51.